The van der Waals surface area contributed by atoms with E-state index in [2.05, 4.69) is 20.3 Å². The fourth-order valence-electron chi connectivity index (χ4n) is 3.86. The summed E-state index contributed by atoms with van der Waals surface area (Å²) in [5.74, 6) is -0.181. The topological polar surface area (TPSA) is 253 Å². The number of carbonyl (C=O) groups excluding carboxylic acids is 1. The van der Waals surface area contributed by atoms with Crippen LogP contribution in [-0.4, -0.2) is 128 Å². The van der Waals surface area contributed by atoms with Crippen molar-refractivity contribution in [2.75, 3.05) is 51.7 Å². The van der Waals surface area contributed by atoms with Gasteiger partial charge in [0.25, 0.3) is 5.91 Å². The van der Waals surface area contributed by atoms with Crippen molar-refractivity contribution in [1.82, 2.24) is 20.2 Å². The first-order chi connectivity index (χ1) is 20.4. The van der Waals surface area contributed by atoms with Crippen LogP contribution in [0.1, 0.15) is 34.6 Å². The van der Waals surface area contributed by atoms with Gasteiger partial charge in [-0.2, -0.15) is 27.0 Å². The Morgan fingerprint density at radius 2 is 1.53 bits per heavy atom. The molecule has 0 saturated heterocycles. The van der Waals surface area contributed by atoms with Crippen molar-refractivity contribution in [3.63, 3.8) is 0 Å². The zero-order valence-corrected chi connectivity index (χ0v) is 30.2. The van der Waals surface area contributed by atoms with Crippen LogP contribution >= 0.6 is 63.4 Å². The number of aryl methyl sites for hydroxylation is 2. The van der Waals surface area contributed by atoms with E-state index in [4.69, 9.17) is 38.0 Å². The molecule has 20 heteroatoms. The van der Waals surface area contributed by atoms with E-state index in [1.165, 1.54) is 0 Å². The fourth-order valence-corrected chi connectivity index (χ4v) is 3.98. The van der Waals surface area contributed by atoms with Crippen LogP contribution in [0, 0.1) is 6.92 Å². The molecular weight excluding hydrogens is 721 g/mol. The summed E-state index contributed by atoms with van der Waals surface area (Å²) in [5.41, 5.74) is 12.9. The lowest BCUT2D eigenvalue weighted by atomic mass is 10.1. The fraction of sp³-hybridized carbons (Fsp3) is 0.556. The summed E-state index contributed by atoms with van der Waals surface area (Å²) in [6.07, 6.45) is -2.97. The molecule has 0 radical (unpaired) electrons. The Hall–Kier alpha value is -1.87. The van der Waals surface area contributed by atoms with Crippen LogP contribution < -0.4 is 21.5 Å². The summed E-state index contributed by atoms with van der Waals surface area (Å²) >= 11 is 5.91. The summed E-state index contributed by atoms with van der Waals surface area (Å²) in [6, 6.07) is 7.47. The first-order valence-corrected chi connectivity index (χ1v) is 14.1. The minimum Gasteiger partial charge on any atom is -0.492 e. The molecule has 0 fully saturated rings. The van der Waals surface area contributed by atoms with Crippen LogP contribution in [0.5, 0.6) is 5.75 Å². The number of aliphatic hydroxyl groups is 6. The molecule has 11 N–H and O–H groups in total. The lowest BCUT2D eigenvalue weighted by Crippen LogP contribution is -2.47. The Morgan fingerprint density at radius 3 is 2.06 bits per heavy atom. The summed E-state index contributed by atoms with van der Waals surface area (Å²) in [4.78, 5) is 25.9. The predicted molar refractivity (Wildman–Crippen MR) is 195 cm³/mol. The summed E-state index contributed by atoms with van der Waals surface area (Å²) in [7, 11) is 0. The highest BCUT2D eigenvalue weighted by Crippen LogP contribution is 2.16. The summed E-state index contributed by atoms with van der Waals surface area (Å²) in [6.45, 7) is 0.984. The monoisotopic (exact) mass is 767 g/mol. The minimum absolute atomic E-state index is 0. The van der Waals surface area contributed by atoms with E-state index >= 15 is 0 Å². The molecule has 2 aromatic rings. The molecule has 2 rings (SSSR count). The largest absolute Gasteiger partial charge is 0.492 e. The number of carbonyl (C=O) groups is 1. The maximum atomic E-state index is 12.3. The highest BCUT2D eigenvalue weighted by atomic mass is 35.5. The van der Waals surface area contributed by atoms with Gasteiger partial charge >= 0.3 is 0 Å². The first kappa shape index (κ1) is 49.5. The molecule has 0 aliphatic carbocycles. The average molecular weight is 769 g/mol. The molecule has 1 amide bonds. The number of nitrogens with zero attached hydrogens (tertiary/aromatic N) is 4. The van der Waals surface area contributed by atoms with E-state index < -0.39 is 43.5 Å². The number of amides is 1. The number of halogens is 3. The third kappa shape index (κ3) is 17.9. The first-order valence-electron chi connectivity index (χ1n) is 13.7. The normalized spacial score (nSPS) is 13.5. The van der Waals surface area contributed by atoms with Crippen LogP contribution in [0.15, 0.2) is 29.3 Å². The number of benzene rings is 1. The van der Waals surface area contributed by atoms with E-state index in [1.807, 2.05) is 24.3 Å². The molecule has 15 nitrogen and oxygen atoms in total. The summed E-state index contributed by atoms with van der Waals surface area (Å²) in [5, 5.41) is 60.0. The molecule has 0 bridgehead atoms. The number of nitrogens with one attached hydrogen (secondary N) is 1. The number of hydrogen-bond acceptors (Lipinski definition) is 13. The SMILES string of the molecule is Cc1nc(N)c(C(=O)NC(N)=NCCCCc2ccc(OCCN(C[C@H](O)[C@H](O)CO)C[C@H](O)[C@H](O)CO)cc2)nc1Cl.Cl.Cl.S.S. The number of anilines is 1. The molecule has 0 unspecified atom stereocenters. The van der Waals surface area contributed by atoms with E-state index in [0.717, 1.165) is 24.8 Å². The van der Waals surface area contributed by atoms with Crippen molar-refractivity contribution in [2.24, 2.45) is 10.7 Å². The van der Waals surface area contributed by atoms with Gasteiger partial charge in [0.2, 0.25) is 0 Å². The number of nitrogens with two attached hydrogens (primary N) is 2. The van der Waals surface area contributed by atoms with Crippen molar-refractivity contribution < 1.29 is 40.2 Å². The smallest absolute Gasteiger partial charge is 0.280 e. The van der Waals surface area contributed by atoms with Crippen molar-refractivity contribution >= 4 is 81.1 Å². The number of aliphatic imine (C=N–C) groups is 1. The Kier molecular flexibility index (Phi) is 27.5. The quantitative estimate of drug-likeness (QED) is 0.0516. The Bertz CT molecular complexity index is 1180. The lowest BCUT2D eigenvalue weighted by molar-refractivity contribution is -0.0551. The molecule has 0 aliphatic rings. The Morgan fingerprint density at radius 1 is 0.979 bits per heavy atom. The van der Waals surface area contributed by atoms with E-state index in [0.29, 0.717) is 18.0 Å². The Labute approximate surface area is 305 Å². The van der Waals surface area contributed by atoms with Gasteiger partial charge in [0.1, 0.15) is 24.6 Å². The van der Waals surface area contributed by atoms with Crippen LogP contribution in [0.2, 0.25) is 5.15 Å². The molecule has 272 valence electrons. The van der Waals surface area contributed by atoms with Gasteiger partial charge in [-0.3, -0.25) is 20.0 Å². The second-order valence-electron chi connectivity index (χ2n) is 9.90. The van der Waals surface area contributed by atoms with Gasteiger partial charge in [-0.1, -0.05) is 23.7 Å². The Balaban J connectivity index is -0.00000484. The van der Waals surface area contributed by atoms with Crippen molar-refractivity contribution in [3.8, 4) is 5.75 Å². The molecular formula is C27H48Cl3N7O8S2. The van der Waals surface area contributed by atoms with Gasteiger partial charge in [0.05, 0.1) is 31.1 Å². The number of guanidine groups is 1. The number of aliphatic hydroxyl groups excluding tert-OH is 6. The molecule has 0 spiro atoms. The number of ether oxygens (including phenoxy) is 1. The van der Waals surface area contributed by atoms with Gasteiger partial charge in [0, 0.05) is 26.2 Å². The number of hydrogen-bond donors (Lipinski definition) is 9. The van der Waals surface area contributed by atoms with E-state index in [-0.39, 0.29) is 101 Å². The number of aromatic nitrogens is 2. The number of rotatable bonds is 18. The molecule has 1 aromatic carbocycles. The maximum absolute atomic E-state index is 12.3. The van der Waals surface area contributed by atoms with Crippen molar-refractivity contribution in [2.45, 2.75) is 50.6 Å². The molecule has 1 aromatic heterocycles. The van der Waals surface area contributed by atoms with Crippen molar-refractivity contribution in [1.29, 1.82) is 0 Å². The third-order valence-corrected chi connectivity index (χ3v) is 6.76. The molecule has 1 heterocycles. The highest BCUT2D eigenvalue weighted by Gasteiger charge is 2.24. The lowest BCUT2D eigenvalue weighted by Gasteiger charge is -2.29. The van der Waals surface area contributed by atoms with E-state index in [9.17, 15) is 25.2 Å². The van der Waals surface area contributed by atoms with Crippen LogP contribution in [0.25, 0.3) is 0 Å². The average Bonchev–Trinajstić information content (AvgIpc) is 2.98. The van der Waals surface area contributed by atoms with E-state index in [1.54, 1.807) is 11.8 Å². The molecule has 47 heavy (non-hydrogen) atoms. The predicted octanol–water partition coefficient (Wildman–Crippen LogP) is -0.734. The zero-order valence-electron chi connectivity index (χ0n) is 25.8. The molecule has 0 aliphatic heterocycles. The van der Waals surface area contributed by atoms with Gasteiger partial charge < -0.3 is 46.8 Å². The van der Waals surface area contributed by atoms with Crippen LogP contribution in [-0.2, 0) is 6.42 Å². The maximum Gasteiger partial charge on any atom is 0.280 e. The van der Waals surface area contributed by atoms with Gasteiger partial charge in [-0.15, -0.1) is 24.8 Å². The minimum atomic E-state index is -1.36. The second-order valence-corrected chi connectivity index (χ2v) is 10.3. The van der Waals surface area contributed by atoms with Crippen molar-refractivity contribution in [3.05, 3.63) is 46.4 Å². The third-order valence-electron chi connectivity index (χ3n) is 6.40. The van der Waals surface area contributed by atoms with Crippen LogP contribution in [0.3, 0.4) is 0 Å². The zero-order chi connectivity index (χ0) is 31.9. The van der Waals surface area contributed by atoms with Gasteiger partial charge in [-0.05, 0) is 43.9 Å². The van der Waals surface area contributed by atoms with Gasteiger partial charge in [0.15, 0.2) is 22.6 Å². The number of nitrogen functional groups attached to an aromatic ring is 1. The second kappa shape index (κ2) is 26.1. The van der Waals surface area contributed by atoms with Crippen LogP contribution in [0.4, 0.5) is 5.82 Å². The highest BCUT2D eigenvalue weighted by molar-refractivity contribution is 7.59. The van der Waals surface area contributed by atoms with Gasteiger partial charge in [-0.25, -0.2) is 9.97 Å². The summed E-state index contributed by atoms with van der Waals surface area (Å²) < 4.78 is 5.76. The molecule has 0 saturated carbocycles. The number of unbranched alkanes of at least 4 members (excludes halogenated alkanes) is 1. The standard InChI is InChI=1S/C27H42ClN7O8.2ClH.2H2S/c1-16-24(28)33-23(25(29)32-16)26(42)34-27(30)31-9-3-2-4-17-5-7-18(8-6-17)43-11-10-35(12-19(38)21(40)14-36)13-20(39)22(41)15-37;;;;/h5-8,19-22,36-41H,2-4,9-15H2,1H3,(H2,29,32)(H3,30,31,34,42);2*1H;2*1H2/t19-,20-,21+,22+;;;;/m0..../s1. The molecule has 4 atom stereocenters.